The summed E-state index contributed by atoms with van der Waals surface area (Å²) in [4.78, 5) is 10.8. The van der Waals surface area contributed by atoms with Gasteiger partial charge in [0.05, 0.1) is 24.3 Å². The summed E-state index contributed by atoms with van der Waals surface area (Å²) in [6, 6.07) is 5.63. The second-order valence-corrected chi connectivity index (χ2v) is 5.13. The highest BCUT2D eigenvalue weighted by atomic mass is 16.5. The molecule has 2 unspecified atom stereocenters. The standard InChI is InChI=1S/C14H18N4O2/c1-9-5-18(6-11(7-19)20-9)14-12-3-2-10(15)4-13(12)16-8-17-14/h2-4,8-9,11,19H,5-7,15H2,1H3. The molecule has 0 spiro atoms. The Morgan fingerprint density at radius 2 is 2.25 bits per heavy atom. The number of rotatable bonds is 2. The number of anilines is 2. The van der Waals surface area contributed by atoms with Crippen LogP contribution in [0.25, 0.3) is 10.9 Å². The lowest BCUT2D eigenvalue weighted by Gasteiger charge is -2.37. The highest BCUT2D eigenvalue weighted by molar-refractivity contribution is 5.91. The van der Waals surface area contributed by atoms with Crippen molar-refractivity contribution in [3.05, 3.63) is 24.5 Å². The van der Waals surface area contributed by atoms with Gasteiger partial charge in [-0.2, -0.15) is 0 Å². The maximum Gasteiger partial charge on any atom is 0.140 e. The maximum atomic E-state index is 9.32. The first-order chi connectivity index (χ1) is 9.67. The zero-order valence-corrected chi connectivity index (χ0v) is 11.4. The molecule has 1 aliphatic rings. The van der Waals surface area contributed by atoms with Crippen molar-refractivity contribution >= 4 is 22.4 Å². The van der Waals surface area contributed by atoms with E-state index < -0.39 is 0 Å². The van der Waals surface area contributed by atoms with Crippen molar-refractivity contribution in [1.29, 1.82) is 0 Å². The number of hydrogen-bond acceptors (Lipinski definition) is 6. The fourth-order valence-electron chi connectivity index (χ4n) is 2.63. The van der Waals surface area contributed by atoms with E-state index in [2.05, 4.69) is 14.9 Å². The summed E-state index contributed by atoms with van der Waals surface area (Å²) >= 11 is 0. The first kappa shape index (κ1) is 13.1. The number of nitrogen functional groups attached to an aromatic ring is 1. The number of benzene rings is 1. The Hall–Kier alpha value is -1.92. The summed E-state index contributed by atoms with van der Waals surface area (Å²) in [5.41, 5.74) is 7.31. The minimum Gasteiger partial charge on any atom is -0.399 e. The third-order valence-electron chi connectivity index (χ3n) is 3.47. The number of fused-ring (bicyclic) bond motifs is 1. The van der Waals surface area contributed by atoms with E-state index in [9.17, 15) is 5.11 Å². The largest absolute Gasteiger partial charge is 0.399 e. The monoisotopic (exact) mass is 274 g/mol. The molecule has 1 aromatic carbocycles. The first-order valence-electron chi connectivity index (χ1n) is 6.69. The fourth-order valence-corrected chi connectivity index (χ4v) is 2.63. The van der Waals surface area contributed by atoms with Crippen LogP contribution in [0.5, 0.6) is 0 Å². The molecule has 6 nitrogen and oxygen atoms in total. The van der Waals surface area contributed by atoms with Gasteiger partial charge in [-0.15, -0.1) is 0 Å². The van der Waals surface area contributed by atoms with Crippen LogP contribution in [0.3, 0.4) is 0 Å². The van der Waals surface area contributed by atoms with E-state index in [0.717, 1.165) is 23.3 Å². The van der Waals surface area contributed by atoms with Gasteiger partial charge < -0.3 is 20.5 Å². The molecule has 0 radical (unpaired) electrons. The molecule has 3 N–H and O–H groups in total. The number of aliphatic hydroxyl groups is 1. The molecule has 1 fully saturated rings. The van der Waals surface area contributed by atoms with Gasteiger partial charge in [0, 0.05) is 24.2 Å². The van der Waals surface area contributed by atoms with Crippen LogP contribution in [0, 0.1) is 0 Å². The third kappa shape index (κ3) is 2.39. The Labute approximate surface area is 117 Å². The average molecular weight is 274 g/mol. The van der Waals surface area contributed by atoms with Crippen LogP contribution in [0.2, 0.25) is 0 Å². The molecule has 2 aromatic rings. The predicted molar refractivity (Wildman–Crippen MR) is 77.6 cm³/mol. The normalized spacial score (nSPS) is 23.2. The van der Waals surface area contributed by atoms with Gasteiger partial charge in [0.25, 0.3) is 0 Å². The van der Waals surface area contributed by atoms with E-state index in [1.165, 1.54) is 0 Å². The molecule has 20 heavy (non-hydrogen) atoms. The summed E-state index contributed by atoms with van der Waals surface area (Å²) in [6.45, 7) is 3.37. The van der Waals surface area contributed by atoms with Gasteiger partial charge in [-0.25, -0.2) is 9.97 Å². The summed E-state index contributed by atoms with van der Waals surface area (Å²) in [5, 5.41) is 10.3. The quantitative estimate of drug-likeness (QED) is 0.788. The lowest BCUT2D eigenvalue weighted by Crippen LogP contribution is -2.48. The number of morpholine rings is 1. The smallest absolute Gasteiger partial charge is 0.140 e. The molecule has 6 heteroatoms. The lowest BCUT2D eigenvalue weighted by molar-refractivity contribution is -0.0422. The van der Waals surface area contributed by atoms with Crippen molar-refractivity contribution in [1.82, 2.24) is 9.97 Å². The summed E-state index contributed by atoms with van der Waals surface area (Å²) in [6.07, 6.45) is 1.42. The van der Waals surface area contributed by atoms with Crippen LogP contribution in [0.1, 0.15) is 6.92 Å². The Kier molecular flexibility index (Phi) is 3.42. The number of nitrogens with two attached hydrogens (primary N) is 1. The lowest BCUT2D eigenvalue weighted by atomic mass is 10.1. The number of nitrogens with zero attached hydrogens (tertiary/aromatic N) is 3. The molecule has 1 saturated heterocycles. The van der Waals surface area contributed by atoms with E-state index in [4.69, 9.17) is 10.5 Å². The molecule has 0 bridgehead atoms. The highest BCUT2D eigenvalue weighted by Crippen LogP contribution is 2.26. The van der Waals surface area contributed by atoms with Gasteiger partial charge in [0.1, 0.15) is 12.1 Å². The van der Waals surface area contributed by atoms with Crippen molar-refractivity contribution in [3.63, 3.8) is 0 Å². The van der Waals surface area contributed by atoms with Gasteiger partial charge in [-0.3, -0.25) is 0 Å². The predicted octanol–water partition coefficient (Wildman–Crippen LogP) is 0.798. The van der Waals surface area contributed by atoms with Crippen LogP contribution in [0.15, 0.2) is 24.5 Å². The molecular weight excluding hydrogens is 256 g/mol. The molecule has 0 amide bonds. The molecule has 2 atom stereocenters. The van der Waals surface area contributed by atoms with Crippen molar-refractivity contribution in [2.45, 2.75) is 19.1 Å². The summed E-state index contributed by atoms with van der Waals surface area (Å²) in [5.74, 6) is 0.864. The van der Waals surface area contributed by atoms with E-state index in [0.29, 0.717) is 12.2 Å². The third-order valence-corrected chi connectivity index (χ3v) is 3.47. The van der Waals surface area contributed by atoms with Crippen molar-refractivity contribution < 1.29 is 9.84 Å². The molecule has 0 saturated carbocycles. The van der Waals surface area contributed by atoms with E-state index in [-0.39, 0.29) is 18.8 Å². The minimum atomic E-state index is -0.183. The van der Waals surface area contributed by atoms with Gasteiger partial charge in [-0.05, 0) is 25.1 Å². The first-order valence-corrected chi connectivity index (χ1v) is 6.69. The number of aliphatic hydroxyl groups excluding tert-OH is 1. The molecule has 106 valence electrons. The summed E-state index contributed by atoms with van der Waals surface area (Å²) in [7, 11) is 0. The zero-order valence-electron chi connectivity index (χ0n) is 11.4. The number of ether oxygens (including phenoxy) is 1. The minimum absolute atomic E-state index is 0.0107. The van der Waals surface area contributed by atoms with Crippen LogP contribution in [-0.2, 0) is 4.74 Å². The Morgan fingerprint density at radius 3 is 3.05 bits per heavy atom. The van der Waals surface area contributed by atoms with Gasteiger partial charge >= 0.3 is 0 Å². The Bertz CT molecular complexity index is 619. The summed E-state index contributed by atoms with van der Waals surface area (Å²) < 4.78 is 5.66. The van der Waals surface area contributed by atoms with E-state index in [1.54, 1.807) is 6.33 Å². The van der Waals surface area contributed by atoms with Gasteiger partial charge in [-0.1, -0.05) is 0 Å². The molecule has 1 aliphatic heterocycles. The number of hydrogen-bond donors (Lipinski definition) is 2. The second-order valence-electron chi connectivity index (χ2n) is 5.13. The van der Waals surface area contributed by atoms with Crippen molar-refractivity contribution in [2.75, 3.05) is 30.3 Å². The molecular formula is C14H18N4O2. The van der Waals surface area contributed by atoms with Crippen LogP contribution in [0.4, 0.5) is 11.5 Å². The molecule has 2 heterocycles. The van der Waals surface area contributed by atoms with Crippen LogP contribution >= 0.6 is 0 Å². The van der Waals surface area contributed by atoms with E-state index >= 15 is 0 Å². The fraction of sp³-hybridized carbons (Fsp3) is 0.429. The SMILES string of the molecule is CC1CN(c2ncnc3cc(N)ccc23)CC(CO)O1. The second kappa shape index (κ2) is 5.22. The Morgan fingerprint density at radius 1 is 1.40 bits per heavy atom. The van der Waals surface area contributed by atoms with Crippen LogP contribution < -0.4 is 10.6 Å². The molecule has 1 aromatic heterocycles. The van der Waals surface area contributed by atoms with Crippen LogP contribution in [-0.4, -0.2) is 47.0 Å². The van der Waals surface area contributed by atoms with Crippen molar-refractivity contribution in [2.24, 2.45) is 0 Å². The topological polar surface area (TPSA) is 84.5 Å². The van der Waals surface area contributed by atoms with Gasteiger partial charge in [0.2, 0.25) is 0 Å². The number of aromatic nitrogens is 2. The molecule has 0 aliphatic carbocycles. The zero-order chi connectivity index (χ0) is 14.1. The molecule has 3 rings (SSSR count). The average Bonchev–Trinajstić information content (AvgIpc) is 2.45. The van der Waals surface area contributed by atoms with Gasteiger partial charge in [0.15, 0.2) is 0 Å². The maximum absolute atomic E-state index is 9.32. The van der Waals surface area contributed by atoms with Crippen molar-refractivity contribution in [3.8, 4) is 0 Å². The highest BCUT2D eigenvalue weighted by Gasteiger charge is 2.26. The van der Waals surface area contributed by atoms with E-state index in [1.807, 2.05) is 25.1 Å². The Balaban J connectivity index is 2.01.